The van der Waals surface area contributed by atoms with E-state index in [2.05, 4.69) is 0 Å². The molecule has 1 aromatic heterocycles. The van der Waals surface area contributed by atoms with Crippen molar-refractivity contribution in [1.82, 2.24) is 0 Å². The van der Waals surface area contributed by atoms with Crippen LogP contribution >= 0.6 is 11.6 Å². The highest BCUT2D eigenvalue weighted by atomic mass is 35.5. The van der Waals surface area contributed by atoms with Crippen LogP contribution < -0.4 is 5.43 Å². The van der Waals surface area contributed by atoms with Crippen molar-refractivity contribution >= 4 is 44.3 Å². The van der Waals surface area contributed by atoms with E-state index in [1.807, 2.05) is 49.4 Å². The normalized spacial score (nSPS) is 11.5. The quantitative estimate of drug-likeness (QED) is 0.335. The lowest BCUT2D eigenvalue weighted by molar-refractivity contribution is 0.657. The zero-order valence-electron chi connectivity index (χ0n) is 11.3. The molecule has 102 valence electrons. The smallest absolute Gasteiger partial charge is 0.201 e. The van der Waals surface area contributed by atoms with E-state index < -0.39 is 0 Å². The number of rotatable bonds is 0. The first-order chi connectivity index (χ1) is 10.1. The molecule has 0 aliphatic heterocycles. The van der Waals surface area contributed by atoms with Gasteiger partial charge in [-0.2, -0.15) is 0 Å². The molecule has 1 heterocycles. The number of aryl methyl sites for hydroxylation is 1. The van der Waals surface area contributed by atoms with Gasteiger partial charge in [-0.15, -0.1) is 0 Å². The topological polar surface area (TPSA) is 30.2 Å². The fourth-order valence-corrected chi connectivity index (χ4v) is 3.01. The SMILES string of the molecule is Cc1cc2ccc(Cl)cc2c2c(=O)c3ccccc3oc12. The van der Waals surface area contributed by atoms with E-state index in [-0.39, 0.29) is 5.43 Å². The minimum atomic E-state index is -0.0113. The number of halogens is 1. The van der Waals surface area contributed by atoms with Crippen molar-refractivity contribution < 1.29 is 4.42 Å². The minimum Gasteiger partial charge on any atom is -0.456 e. The zero-order chi connectivity index (χ0) is 14.6. The van der Waals surface area contributed by atoms with Gasteiger partial charge in [0.25, 0.3) is 0 Å². The Morgan fingerprint density at radius 2 is 1.81 bits per heavy atom. The molecule has 0 unspecified atom stereocenters. The van der Waals surface area contributed by atoms with Crippen LogP contribution in [0.1, 0.15) is 5.56 Å². The molecule has 3 heteroatoms. The van der Waals surface area contributed by atoms with E-state index in [0.29, 0.717) is 27.0 Å². The Balaban J connectivity index is 2.39. The average Bonchev–Trinajstić information content (AvgIpc) is 2.48. The van der Waals surface area contributed by atoms with Crippen LogP contribution in [0.2, 0.25) is 5.02 Å². The first kappa shape index (κ1) is 12.4. The van der Waals surface area contributed by atoms with Crippen LogP contribution in [-0.2, 0) is 0 Å². The molecule has 0 saturated carbocycles. The van der Waals surface area contributed by atoms with E-state index in [1.54, 1.807) is 6.07 Å². The Bertz CT molecular complexity index is 1080. The summed E-state index contributed by atoms with van der Waals surface area (Å²) in [5.41, 5.74) is 2.18. The van der Waals surface area contributed by atoms with Crippen molar-refractivity contribution in [3.05, 3.63) is 69.3 Å². The molecule has 0 aliphatic rings. The third-order valence-electron chi connectivity index (χ3n) is 3.81. The van der Waals surface area contributed by atoms with Crippen molar-refractivity contribution in [3.8, 4) is 0 Å². The van der Waals surface area contributed by atoms with E-state index in [1.165, 1.54) is 0 Å². The second-order valence-electron chi connectivity index (χ2n) is 5.19. The van der Waals surface area contributed by atoms with Gasteiger partial charge in [0.2, 0.25) is 5.43 Å². The van der Waals surface area contributed by atoms with E-state index in [0.717, 1.165) is 16.3 Å². The first-order valence-corrected chi connectivity index (χ1v) is 7.07. The Hall–Kier alpha value is -2.32. The first-order valence-electron chi connectivity index (χ1n) is 6.69. The molecule has 3 aromatic carbocycles. The standard InChI is InChI=1S/C18H11ClO2/c1-10-8-11-6-7-12(19)9-14(11)16-17(20)13-4-2-3-5-15(13)21-18(10)16/h2-9H,1H3. The molecular weight excluding hydrogens is 284 g/mol. The van der Waals surface area contributed by atoms with E-state index in [9.17, 15) is 4.79 Å². The van der Waals surface area contributed by atoms with Gasteiger partial charge in [-0.3, -0.25) is 4.79 Å². The van der Waals surface area contributed by atoms with Gasteiger partial charge in [0.05, 0.1) is 10.8 Å². The lowest BCUT2D eigenvalue weighted by Crippen LogP contribution is -2.03. The van der Waals surface area contributed by atoms with Gasteiger partial charge in [0, 0.05) is 5.02 Å². The molecule has 0 spiro atoms. The molecule has 21 heavy (non-hydrogen) atoms. The summed E-state index contributed by atoms with van der Waals surface area (Å²) in [6.45, 7) is 1.95. The van der Waals surface area contributed by atoms with Crippen molar-refractivity contribution in [3.63, 3.8) is 0 Å². The van der Waals surface area contributed by atoms with Crippen LogP contribution in [0.3, 0.4) is 0 Å². The number of hydrogen-bond acceptors (Lipinski definition) is 2. The fourth-order valence-electron chi connectivity index (χ4n) is 2.83. The summed E-state index contributed by atoms with van der Waals surface area (Å²) >= 11 is 6.10. The molecule has 0 amide bonds. The average molecular weight is 295 g/mol. The van der Waals surface area contributed by atoms with Gasteiger partial charge in [-0.05, 0) is 53.6 Å². The molecule has 4 aromatic rings. The molecule has 0 N–H and O–H groups in total. The van der Waals surface area contributed by atoms with Crippen LogP contribution in [0.25, 0.3) is 32.7 Å². The van der Waals surface area contributed by atoms with E-state index in [4.69, 9.17) is 16.0 Å². The Labute approximate surface area is 125 Å². The Morgan fingerprint density at radius 3 is 2.67 bits per heavy atom. The predicted octanol–water partition coefficient (Wildman–Crippen LogP) is 5.06. The Morgan fingerprint density at radius 1 is 1.00 bits per heavy atom. The van der Waals surface area contributed by atoms with Crippen LogP contribution in [0.5, 0.6) is 0 Å². The molecule has 0 bridgehead atoms. The van der Waals surface area contributed by atoms with Gasteiger partial charge in [-0.1, -0.05) is 29.8 Å². The lowest BCUT2D eigenvalue weighted by atomic mass is 10.0. The van der Waals surface area contributed by atoms with Crippen molar-refractivity contribution in [2.24, 2.45) is 0 Å². The van der Waals surface area contributed by atoms with Crippen LogP contribution in [0, 0.1) is 6.92 Å². The summed E-state index contributed by atoms with van der Waals surface area (Å²) in [5.74, 6) is 0. The molecule has 2 nitrogen and oxygen atoms in total. The molecule has 0 fully saturated rings. The third-order valence-corrected chi connectivity index (χ3v) is 4.05. The summed E-state index contributed by atoms with van der Waals surface area (Å²) < 4.78 is 5.96. The Kier molecular flexibility index (Phi) is 2.57. The maximum Gasteiger partial charge on any atom is 0.201 e. The summed E-state index contributed by atoms with van der Waals surface area (Å²) in [6.07, 6.45) is 0. The summed E-state index contributed by atoms with van der Waals surface area (Å²) in [4.78, 5) is 12.9. The van der Waals surface area contributed by atoms with Gasteiger partial charge in [0.15, 0.2) is 0 Å². The number of fused-ring (bicyclic) bond motifs is 4. The van der Waals surface area contributed by atoms with Crippen molar-refractivity contribution in [1.29, 1.82) is 0 Å². The predicted molar refractivity (Wildman–Crippen MR) is 87.2 cm³/mol. The van der Waals surface area contributed by atoms with Crippen LogP contribution in [0.15, 0.2) is 57.7 Å². The fraction of sp³-hybridized carbons (Fsp3) is 0.0556. The van der Waals surface area contributed by atoms with Crippen LogP contribution in [-0.4, -0.2) is 0 Å². The second-order valence-corrected chi connectivity index (χ2v) is 5.63. The molecule has 0 atom stereocenters. The molecule has 4 rings (SSSR count). The summed E-state index contributed by atoms with van der Waals surface area (Å²) in [5, 5.41) is 3.64. The maximum absolute atomic E-state index is 12.9. The monoisotopic (exact) mass is 294 g/mol. The van der Waals surface area contributed by atoms with Gasteiger partial charge in [-0.25, -0.2) is 0 Å². The number of benzene rings is 3. The highest BCUT2D eigenvalue weighted by molar-refractivity contribution is 6.31. The highest BCUT2D eigenvalue weighted by Crippen LogP contribution is 2.30. The minimum absolute atomic E-state index is 0.0113. The molecule has 0 aliphatic carbocycles. The largest absolute Gasteiger partial charge is 0.456 e. The van der Waals surface area contributed by atoms with Crippen molar-refractivity contribution in [2.45, 2.75) is 6.92 Å². The molecule has 0 radical (unpaired) electrons. The maximum atomic E-state index is 12.9. The third kappa shape index (κ3) is 1.76. The second kappa shape index (κ2) is 4.34. The molecular formula is C18H11ClO2. The number of hydrogen-bond donors (Lipinski definition) is 0. The molecule has 0 saturated heterocycles. The summed E-state index contributed by atoms with van der Waals surface area (Å²) in [6, 6.07) is 14.9. The van der Waals surface area contributed by atoms with Gasteiger partial charge < -0.3 is 4.42 Å². The zero-order valence-corrected chi connectivity index (χ0v) is 12.1. The highest BCUT2D eigenvalue weighted by Gasteiger charge is 2.13. The number of para-hydroxylation sites is 1. The van der Waals surface area contributed by atoms with E-state index >= 15 is 0 Å². The lowest BCUT2D eigenvalue weighted by Gasteiger charge is -2.08. The summed E-state index contributed by atoms with van der Waals surface area (Å²) in [7, 11) is 0. The van der Waals surface area contributed by atoms with Gasteiger partial charge >= 0.3 is 0 Å². The van der Waals surface area contributed by atoms with Crippen molar-refractivity contribution in [2.75, 3.05) is 0 Å². The van der Waals surface area contributed by atoms with Crippen LogP contribution in [0.4, 0.5) is 0 Å². The van der Waals surface area contributed by atoms with Gasteiger partial charge in [0.1, 0.15) is 11.2 Å².